The predicted octanol–water partition coefficient (Wildman–Crippen LogP) is 0.448. The van der Waals surface area contributed by atoms with Crippen molar-refractivity contribution in [2.45, 2.75) is 32.2 Å². The van der Waals surface area contributed by atoms with Gasteiger partial charge in [0.25, 0.3) is 0 Å². The Balaban J connectivity index is 1.74. The number of nitrogen functional groups attached to an aromatic ring is 1. The summed E-state index contributed by atoms with van der Waals surface area (Å²) in [7, 11) is 0. The van der Waals surface area contributed by atoms with Crippen molar-refractivity contribution in [1.82, 2.24) is 15.3 Å². The number of nitrogens with zero attached hydrogens (tertiary/aromatic N) is 2. The molecule has 0 aromatic carbocycles. The second kappa shape index (κ2) is 4.99. The summed E-state index contributed by atoms with van der Waals surface area (Å²) in [5.41, 5.74) is 5.59. The number of anilines is 2. The van der Waals surface area contributed by atoms with E-state index in [4.69, 9.17) is 5.73 Å². The van der Waals surface area contributed by atoms with Gasteiger partial charge in [0, 0.05) is 25.1 Å². The van der Waals surface area contributed by atoms with E-state index in [1.54, 1.807) is 13.0 Å². The third-order valence-electron chi connectivity index (χ3n) is 2.46. The van der Waals surface area contributed by atoms with Crippen molar-refractivity contribution >= 4 is 17.5 Å². The normalized spacial score (nSPS) is 14.4. The van der Waals surface area contributed by atoms with Crippen LogP contribution in [0.5, 0.6) is 0 Å². The van der Waals surface area contributed by atoms with Crippen molar-refractivity contribution in [3.63, 3.8) is 0 Å². The molecule has 0 spiro atoms. The van der Waals surface area contributed by atoms with Crippen molar-refractivity contribution < 1.29 is 4.79 Å². The summed E-state index contributed by atoms with van der Waals surface area (Å²) in [5.74, 6) is 1.80. The van der Waals surface area contributed by atoms with Crippen LogP contribution in [0, 0.1) is 6.92 Å². The van der Waals surface area contributed by atoms with Gasteiger partial charge in [-0.05, 0) is 19.8 Å². The molecule has 17 heavy (non-hydrogen) atoms. The molecule has 0 saturated heterocycles. The van der Waals surface area contributed by atoms with Gasteiger partial charge >= 0.3 is 0 Å². The zero-order chi connectivity index (χ0) is 12.3. The Bertz CT molecular complexity index is 396. The van der Waals surface area contributed by atoms with Crippen LogP contribution in [0.2, 0.25) is 0 Å². The summed E-state index contributed by atoms with van der Waals surface area (Å²) in [6.45, 7) is 2.33. The van der Waals surface area contributed by atoms with Gasteiger partial charge in [-0.3, -0.25) is 4.79 Å². The molecular weight excluding hydrogens is 218 g/mol. The van der Waals surface area contributed by atoms with Crippen LogP contribution in [0.3, 0.4) is 0 Å². The SMILES string of the molecule is Cc1nc(N)cc(NCCC(=O)NC2CC2)n1. The van der Waals surface area contributed by atoms with Crippen molar-refractivity contribution in [2.75, 3.05) is 17.6 Å². The summed E-state index contributed by atoms with van der Waals surface area (Å²) in [6, 6.07) is 2.07. The lowest BCUT2D eigenvalue weighted by Gasteiger charge is -2.07. The Labute approximate surface area is 100 Å². The van der Waals surface area contributed by atoms with E-state index in [1.807, 2.05) is 0 Å². The number of carbonyl (C=O) groups is 1. The fraction of sp³-hybridized carbons (Fsp3) is 0.545. The van der Waals surface area contributed by atoms with Crippen LogP contribution >= 0.6 is 0 Å². The molecule has 6 heteroatoms. The largest absolute Gasteiger partial charge is 0.384 e. The van der Waals surface area contributed by atoms with Gasteiger partial charge < -0.3 is 16.4 Å². The van der Waals surface area contributed by atoms with E-state index in [1.165, 1.54) is 0 Å². The third kappa shape index (κ3) is 3.90. The lowest BCUT2D eigenvalue weighted by Crippen LogP contribution is -2.27. The quantitative estimate of drug-likeness (QED) is 0.689. The first-order valence-corrected chi connectivity index (χ1v) is 5.78. The molecule has 0 aliphatic heterocycles. The molecule has 0 radical (unpaired) electrons. The molecule has 1 fully saturated rings. The number of carbonyl (C=O) groups excluding carboxylic acids is 1. The van der Waals surface area contributed by atoms with Crippen LogP contribution < -0.4 is 16.4 Å². The van der Waals surface area contributed by atoms with Gasteiger partial charge in [-0.2, -0.15) is 0 Å². The highest BCUT2D eigenvalue weighted by Crippen LogP contribution is 2.18. The zero-order valence-corrected chi connectivity index (χ0v) is 9.86. The van der Waals surface area contributed by atoms with E-state index in [-0.39, 0.29) is 5.91 Å². The minimum atomic E-state index is 0.0822. The standard InChI is InChI=1S/C11H17N5O/c1-7-14-9(12)6-10(15-7)13-5-4-11(17)16-8-2-3-8/h6,8H,2-5H2,1H3,(H,16,17)(H3,12,13,14,15). The van der Waals surface area contributed by atoms with Gasteiger partial charge in [-0.1, -0.05) is 0 Å². The van der Waals surface area contributed by atoms with E-state index in [0.29, 0.717) is 36.5 Å². The van der Waals surface area contributed by atoms with E-state index in [2.05, 4.69) is 20.6 Å². The molecule has 4 N–H and O–H groups in total. The van der Waals surface area contributed by atoms with Crippen LogP contribution in [0.25, 0.3) is 0 Å². The molecule has 0 bridgehead atoms. The number of hydrogen-bond donors (Lipinski definition) is 3. The summed E-state index contributed by atoms with van der Waals surface area (Å²) >= 11 is 0. The Kier molecular flexibility index (Phi) is 3.41. The summed E-state index contributed by atoms with van der Waals surface area (Å²) < 4.78 is 0. The Morgan fingerprint density at radius 3 is 2.94 bits per heavy atom. The second-order valence-corrected chi connectivity index (χ2v) is 4.24. The molecule has 0 unspecified atom stereocenters. The highest BCUT2D eigenvalue weighted by molar-refractivity contribution is 5.77. The predicted molar refractivity (Wildman–Crippen MR) is 65.5 cm³/mol. The number of hydrogen-bond acceptors (Lipinski definition) is 5. The first kappa shape index (κ1) is 11.6. The summed E-state index contributed by atoms with van der Waals surface area (Å²) in [4.78, 5) is 19.6. The van der Waals surface area contributed by atoms with Crippen LogP contribution in [0.1, 0.15) is 25.1 Å². The topological polar surface area (TPSA) is 92.9 Å². The highest BCUT2D eigenvalue weighted by atomic mass is 16.1. The minimum absolute atomic E-state index is 0.0822. The average molecular weight is 235 g/mol. The maximum Gasteiger partial charge on any atom is 0.221 e. The monoisotopic (exact) mass is 235 g/mol. The van der Waals surface area contributed by atoms with Crippen molar-refractivity contribution in [1.29, 1.82) is 0 Å². The number of nitrogens with two attached hydrogens (primary N) is 1. The third-order valence-corrected chi connectivity index (χ3v) is 2.46. The maximum atomic E-state index is 11.4. The molecule has 1 aliphatic carbocycles. The minimum Gasteiger partial charge on any atom is -0.384 e. The van der Waals surface area contributed by atoms with Crippen molar-refractivity contribution in [2.24, 2.45) is 0 Å². The first-order chi connectivity index (χ1) is 8.13. The molecule has 0 atom stereocenters. The number of rotatable bonds is 5. The Morgan fingerprint density at radius 2 is 2.29 bits per heavy atom. The van der Waals surface area contributed by atoms with E-state index < -0.39 is 0 Å². The molecule has 1 aromatic rings. The van der Waals surface area contributed by atoms with Gasteiger partial charge in [-0.25, -0.2) is 9.97 Å². The van der Waals surface area contributed by atoms with Crippen LogP contribution in [0.4, 0.5) is 11.6 Å². The highest BCUT2D eigenvalue weighted by Gasteiger charge is 2.22. The second-order valence-electron chi connectivity index (χ2n) is 4.24. The lowest BCUT2D eigenvalue weighted by molar-refractivity contribution is -0.120. The van der Waals surface area contributed by atoms with E-state index in [0.717, 1.165) is 12.8 Å². The maximum absolute atomic E-state index is 11.4. The van der Waals surface area contributed by atoms with Crippen molar-refractivity contribution in [3.8, 4) is 0 Å². The molecule has 92 valence electrons. The Morgan fingerprint density at radius 1 is 1.53 bits per heavy atom. The zero-order valence-electron chi connectivity index (χ0n) is 9.86. The van der Waals surface area contributed by atoms with Gasteiger partial charge in [-0.15, -0.1) is 0 Å². The summed E-state index contributed by atoms with van der Waals surface area (Å²) in [5, 5.41) is 5.99. The number of amides is 1. The molecule has 1 aliphatic rings. The molecule has 2 rings (SSSR count). The average Bonchev–Trinajstić information content (AvgIpc) is 3.00. The smallest absolute Gasteiger partial charge is 0.221 e. The van der Waals surface area contributed by atoms with Crippen molar-refractivity contribution in [3.05, 3.63) is 11.9 Å². The fourth-order valence-corrected chi connectivity index (χ4v) is 1.51. The van der Waals surface area contributed by atoms with E-state index >= 15 is 0 Å². The van der Waals surface area contributed by atoms with Gasteiger partial charge in [0.2, 0.25) is 5.91 Å². The van der Waals surface area contributed by atoms with Crippen LogP contribution in [-0.4, -0.2) is 28.5 Å². The van der Waals surface area contributed by atoms with E-state index in [9.17, 15) is 4.79 Å². The van der Waals surface area contributed by atoms with Gasteiger partial charge in [0.15, 0.2) is 0 Å². The van der Waals surface area contributed by atoms with Crippen LogP contribution in [0.15, 0.2) is 6.07 Å². The fourth-order valence-electron chi connectivity index (χ4n) is 1.51. The first-order valence-electron chi connectivity index (χ1n) is 5.78. The van der Waals surface area contributed by atoms with Crippen LogP contribution in [-0.2, 0) is 4.79 Å². The lowest BCUT2D eigenvalue weighted by atomic mass is 10.4. The molecule has 1 saturated carbocycles. The van der Waals surface area contributed by atoms with Gasteiger partial charge in [0.1, 0.15) is 17.5 Å². The number of aromatic nitrogens is 2. The molecule has 1 heterocycles. The number of aryl methyl sites for hydroxylation is 1. The molecule has 1 aromatic heterocycles. The molecule has 6 nitrogen and oxygen atoms in total. The number of nitrogens with one attached hydrogen (secondary N) is 2. The molecule has 1 amide bonds. The molecular formula is C11H17N5O. The van der Waals surface area contributed by atoms with Gasteiger partial charge in [0.05, 0.1) is 0 Å². The Hall–Kier alpha value is -1.85. The summed E-state index contributed by atoms with van der Waals surface area (Å²) in [6.07, 6.45) is 2.67.